The van der Waals surface area contributed by atoms with Gasteiger partial charge >= 0.3 is 0 Å². The summed E-state index contributed by atoms with van der Waals surface area (Å²) in [6.07, 6.45) is 2.55. The van der Waals surface area contributed by atoms with Gasteiger partial charge in [-0.15, -0.1) is 0 Å². The van der Waals surface area contributed by atoms with Gasteiger partial charge in [0.25, 0.3) is 0 Å². The summed E-state index contributed by atoms with van der Waals surface area (Å²) < 4.78 is 5.71. The molecule has 1 aromatic rings. The van der Waals surface area contributed by atoms with Crippen LogP contribution in [-0.2, 0) is 0 Å². The van der Waals surface area contributed by atoms with Gasteiger partial charge in [-0.3, -0.25) is 4.79 Å². The summed E-state index contributed by atoms with van der Waals surface area (Å²) in [5.74, 6) is 0.980. The Bertz CT molecular complexity index is 497. The highest BCUT2D eigenvalue weighted by molar-refractivity contribution is 6.01. The van der Waals surface area contributed by atoms with Crippen LogP contribution in [0.15, 0.2) is 18.2 Å². The van der Waals surface area contributed by atoms with Crippen LogP contribution in [0.25, 0.3) is 0 Å². The summed E-state index contributed by atoms with van der Waals surface area (Å²) in [6.45, 7) is 4.74. The molecule has 0 aromatic heterocycles. The van der Waals surface area contributed by atoms with E-state index >= 15 is 0 Å². The van der Waals surface area contributed by atoms with Crippen LogP contribution in [0.1, 0.15) is 37.0 Å². The van der Waals surface area contributed by atoms with E-state index < -0.39 is 0 Å². The van der Waals surface area contributed by atoms with Crippen molar-refractivity contribution in [1.29, 1.82) is 0 Å². The molecule has 2 unspecified atom stereocenters. The number of nitrogens with one attached hydrogen (secondary N) is 2. The second-order valence-electron chi connectivity index (χ2n) is 5.55. The van der Waals surface area contributed by atoms with E-state index in [2.05, 4.69) is 10.6 Å². The maximum atomic E-state index is 12.3. The summed E-state index contributed by atoms with van der Waals surface area (Å²) in [7, 11) is 0. The van der Waals surface area contributed by atoms with Gasteiger partial charge in [0, 0.05) is 11.6 Å². The van der Waals surface area contributed by atoms with Gasteiger partial charge in [0.05, 0.1) is 18.3 Å². The Morgan fingerprint density at radius 1 is 1.47 bits per heavy atom. The summed E-state index contributed by atoms with van der Waals surface area (Å²) in [4.78, 5) is 12.3. The average molecular weight is 260 g/mol. The Kier molecular flexibility index (Phi) is 3.19. The first-order chi connectivity index (χ1) is 9.13. The van der Waals surface area contributed by atoms with Gasteiger partial charge in [0.15, 0.2) is 5.78 Å². The van der Waals surface area contributed by atoms with E-state index in [1.807, 2.05) is 32.0 Å². The van der Waals surface area contributed by atoms with Crippen molar-refractivity contribution in [3.63, 3.8) is 0 Å². The van der Waals surface area contributed by atoms with Crippen LogP contribution in [0, 0.1) is 0 Å². The van der Waals surface area contributed by atoms with Crippen LogP contribution in [0.3, 0.4) is 0 Å². The van der Waals surface area contributed by atoms with Gasteiger partial charge in [-0.05, 0) is 44.9 Å². The van der Waals surface area contributed by atoms with E-state index in [1.165, 1.54) is 12.8 Å². The molecule has 4 heteroatoms. The number of ether oxygens (including phenoxy) is 1. The molecular weight excluding hydrogens is 240 g/mol. The van der Waals surface area contributed by atoms with Crippen molar-refractivity contribution in [2.45, 2.75) is 44.9 Å². The highest BCUT2D eigenvalue weighted by Crippen LogP contribution is 2.30. The Morgan fingerprint density at radius 3 is 3.00 bits per heavy atom. The van der Waals surface area contributed by atoms with E-state index in [9.17, 15) is 4.79 Å². The highest BCUT2D eigenvalue weighted by Gasteiger charge is 2.26. The number of carbonyl (C=O) groups is 1. The maximum absolute atomic E-state index is 12.3. The second kappa shape index (κ2) is 4.85. The van der Waals surface area contributed by atoms with Crippen LogP contribution in [0.4, 0.5) is 5.69 Å². The number of ketones is 1. The molecule has 2 atom stereocenters. The van der Waals surface area contributed by atoms with Crippen molar-refractivity contribution >= 4 is 11.5 Å². The lowest BCUT2D eigenvalue weighted by atomic mass is 10.0. The third kappa shape index (κ3) is 2.73. The summed E-state index contributed by atoms with van der Waals surface area (Å²) in [6, 6.07) is 6.06. The molecular formula is C15H20N2O2. The Labute approximate surface area is 113 Å². The molecule has 19 heavy (non-hydrogen) atoms. The van der Waals surface area contributed by atoms with Gasteiger partial charge in [-0.2, -0.15) is 0 Å². The molecule has 0 radical (unpaired) electrons. The number of rotatable bonds is 4. The number of benzene rings is 1. The maximum Gasteiger partial charge on any atom is 0.179 e. The first-order valence-electron chi connectivity index (χ1n) is 6.98. The molecule has 1 aliphatic carbocycles. The molecule has 0 amide bonds. The molecule has 1 saturated carbocycles. The van der Waals surface area contributed by atoms with Crippen LogP contribution < -0.4 is 15.4 Å². The predicted molar refractivity (Wildman–Crippen MR) is 75.0 cm³/mol. The molecule has 3 rings (SSSR count). The number of carbonyl (C=O) groups excluding carboxylic acids is 1. The third-order valence-electron chi connectivity index (χ3n) is 3.63. The number of hydrogen-bond acceptors (Lipinski definition) is 4. The summed E-state index contributed by atoms with van der Waals surface area (Å²) in [5.41, 5.74) is 1.66. The number of anilines is 1. The highest BCUT2D eigenvalue weighted by atomic mass is 16.5. The molecule has 1 aliphatic heterocycles. The quantitative estimate of drug-likeness (QED) is 0.815. The molecule has 0 saturated heterocycles. The minimum absolute atomic E-state index is 0.117. The molecule has 4 nitrogen and oxygen atoms in total. The standard InChI is InChI=1S/C15H20N2O2/c1-9-8-16-13-7-11(3-6-14(13)19-9)15(18)10(2)17-12-4-5-12/h3,6-7,9-10,12,16-17H,4-5,8H2,1-2H3. The molecule has 2 aliphatic rings. The van der Waals surface area contributed by atoms with E-state index in [1.54, 1.807) is 0 Å². The van der Waals surface area contributed by atoms with Crippen molar-refractivity contribution < 1.29 is 9.53 Å². The van der Waals surface area contributed by atoms with Crippen molar-refractivity contribution in [2.24, 2.45) is 0 Å². The largest absolute Gasteiger partial charge is 0.487 e. The molecule has 2 N–H and O–H groups in total. The van der Waals surface area contributed by atoms with Crippen LogP contribution >= 0.6 is 0 Å². The molecule has 1 aromatic carbocycles. The number of hydrogen-bond donors (Lipinski definition) is 2. The van der Waals surface area contributed by atoms with E-state index in [4.69, 9.17) is 4.74 Å². The first-order valence-corrected chi connectivity index (χ1v) is 6.98. The van der Waals surface area contributed by atoms with Crippen molar-refractivity contribution in [2.75, 3.05) is 11.9 Å². The fourth-order valence-electron chi connectivity index (χ4n) is 2.37. The second-order valence-corrected chi connectivity index (χ2v) is 5.55. The molecule has 102 valence electrons. The lowest BCUT2D eigenvalue weighted by Gasteiger charge is -2.25. The van der Waals surface area contributed by atoms with E-state index in [0.29, 0.717) is 6.04 Å². The Hall–Kier alpha value is -1.55. The zero-order chi connectivity index (χ0) is 13.4. The van der Waals surface area contributed by atoms with Crippen molar-refractivity contribution in [1.82, 2.24) is 5.32 Å². The fraction of sp³-hybridized carbons (Fsp3) is 0.533. The van der Waals surface area contributed by atoms with E-state index in [-0.39, 0.29) is 17.9 Å². The van der Waals surface area contributed by atoms with Crippen molar-refractivity contribution in [3.05, 3.63) is 23.8 Å². The monoisotopic (exact) mass is 260 g/mol. The van der Waals surface area contributed by atoms with Gasteiger partial charge in [0.1, 0.15) is 11.9 Å². The minimum Gasteiger partial charge on any atom is -0.487 e. The average Bonchev–Trinajstić information content (AvgIpc) is 3.21. The summed E-state index contributed by atoms with van der Waals surface area (Å²) >= 11 is 0. The van der Waals surface area contributed by atoms with Gasteiger partial charge in [-0.1, -0.05) is 0 Å². The lowest BCUT2D eigenvalue weighted by molar-refractivity contribution is 0.0950. The Balaban J connectivity index is 1.75. The predicted octanol–water partition coefficient (Wildman–Crippen LogP) is 2.20. The smallest absolute Gasteiger partial charge is 0.179 e. The molecule has 0 spiro atoms. The topological polar surface area (TPSA) is 50.4 Å². The van der Waals surface area contributed by atoms with Crippen LogP contribution in [-0.4, -0.2) is 30.5 Å². The fourth-order valence-corrected chi connectivity index (χ4v) is 2.37. The van der Waals surface area contributed by atoms with Gasteiger partial charge in [-0.25, -0.2) is 0 Å². The normalized spacial score (nSPS) is 22.9. The minimum atomic E-state index is -0.117. The molecule has 1 heterocycles. The SMILES string of the molecule is CC1CNc2cc(C(=O)C(C)NC3CC3)ccc2O1. The lowest BCUT2D eigenvalue weighted by Crippen LogP contribution is -2.35. The number of fused-ring (bicyclic) bond motifs is 1. The van der Waals surface area contributed by atoms with Gasteiger partial charge in [0.2, 0.25) is 0 Å². The Morgan fingerprint density at radius 2 is 2.26 bits per heavy atom. The van der Waals surface area contributed by atoms with E-state index in [0.717, 1.165) is 23.5 Å². The summed E-state index contributed by atoms with van der Waals surface area (Å²) in [5, 5.41) is 6.64. The van der Waals surface area contributed by atoms with Gasteiger partial charge < -0.3 is 15.4 Å². The first kappa shape index (κ1) is 12.5. The zero-order valence-corrected chi connectivity index (χ0v) is 11.4. The van der Waals surface area contributed by atoms with Crippen LogP contribution in [0.2, 0.25) is 0 Å². The van der Waals surface area contributed by atoms with Crippen molar-refractivity contribution in [3.8, 4) is 5.75 Å². The molecule has 0 bridgehead atoms. The number of Topliss-reactive ketones (excluding diaryl/α,β-unsaturated/α-hetero) is 1. The third-order valence-corrected chi connectivity index (χ3v) is 3.63. The molecule has 1 fully saturated rings. The zero-order valence-electron chi connectivity index (χ0n) is 11.4. The van der Waals surface area contributed by atoms with Crippen LogP contribution in [0.5, 0.6) is 5.75 Å².